The first-order chi connectivity index (χ1) is 13.1. The molecule has 0 aliphatic carbocycles. The van der Waals surface area contributed by atoms with Crippen molar-refractivity contribution >= 4 is 16.0 Å². The molecular weight excluding hydrogens is 372 g/mol. The lowest BCUT2D eigenvalue weighted by molar-refractivity contribution is 0.489. The molecular formula is C21H38N4O2S. The number of aliphatic imine (C=N–C) groups is 1. The molecule has 0 fully saturated rings. The normalized spacial score (nSPS) is 13.8. The minimum absolute atomic E-state index is 0.0361. The van der Waals surface area contributed by atoms with Crippen LogP contribution in [-0.2, 0) is 22.3 Å². The molecule has 0 heterocycles. The van der Waals surface area contributed by atoms with Gasteiger partial charge in [0.05, 0.1) is 12.3 Å². The molecule has 1 unspecified atom stereocenters. The molecule has 0 saturated carbocycles. The highest BCUT2D eigenvalue weighted by molar-refractivity contribution is 7.88. The van der Waals surface area contributed by atoms with Gasteiger partial charge >= 0.3 is 0 Å². The van der Waals surface area contributed by atoms with Crippen molar-refractivity contribution in [1.29, 1.82) is 0 Å². The maximum atomic E-state index is 12.3. The Hall–Kier alpha value is -1.60. The third kappa shape index (κ3) is 10.1. The van der Waals surface area contributed by atoms with Crippen molar-refractivity contribution < 1.29 is 8.42 Å². The highest BCUT2D eigenvalue weighted by Crippen LogP contribution is 2.14. The molecule has 28 heavy (non-hydrogen) atoms. The molecule has 0 aliphatic rings. The van der Waals surface area contributed by atoms with E-state index in [-0.39, 0.29) is 11.8 Å². The molecule has 1 aromatic carbocycles. The van der Waals surface area contributed by atoms with Gasteiger partial charge in [0.1, 0.15) is 0 Å². The standard InChI is InChI=1S/C21H38N4O2S/c1-7-22-21(24-18(6)13-12-16(2)3)23-14-19-10-8-9-11-20(19)15-28(26,27)25-17(4)5/h8-11,16-18,25H,7,12-15H2,1-6H3,(H2,22,23,24). The van der Waals surface area contributed by atoms with Crippen LogP contribution in [0.1, 0.15) is 65.5 Å². The molecule has 0 spiro atoms. The summed E-state index contributed by atoms with van der Waals surface area (Å²) >= 11 is 0. The van der Waals surface area contributed by atoms with Gasteiger partial charge in [-0.1, -0.05) is 38.1 Å². The van der Waals surface area contributed by atoms with Gasteiger partial charge in [-0.2, -0.15) is 0 Å². The molecule has 1 aromatic rings. The Morgan fingerprint density at radius 2 is 1.68 bits per heavy atom. The van der Waals surface area contributed by atoms with Crippen molar-refractivity contribution in [2.75, 3.05) is 6.54 Å². The Kier molecular flexibility index (Phi) is 10.5. The summed E-state index contributed by atoms with van der Waals surface area (Å²) in [5, 5.41) is 6.72. The van der Waals surface area contributed by atoms with Crippen molar-refractivity contribution in [3.63, 3.8) is 0 Å². The Labute approximate surface area is 171 Å². The maximum absolute atomic E-state index is 12.3. The van der Waals surface area contributed by atoms with Crippen LogP contribution in [0.2, 0.25) is 0 Å². The van der Waals surface area contributed by atoms with E-state index in [0.29, 0.717) is 18.5 Å². The van der Waals surface area contributed by atoms with Gasteiger partial charge in [-0.3, -0.25) is 0 Å². The molecule has 1 rings (SSSR count). The Balaban J connectivity index is 2.86. The van der Waals surface area contributed by atoms with E-state index in [2.05, 4.69) is 41.1 Å². The van der Waals surface area contributed by atoms with E-state index >= 15 is 0 Å². The van der Waals surface area contributed by atoms with Crippen molar-refractivity contribution in [2.24, 2.45) is 10.9 Å². The monoisotopic (exact) mass is 410 g/mol. The second-order valence-corrected chi connectivity index (χ2v) is 9.77. The summed E-state index contributed by atoms with van der Waals surface area (Å²) < 4.78 is 27.2. The van der Waals surface area contributed by atoms with E-state index in [1.54, 1.807) is 0 Å². The summed E-state index contributed by atoms with van der Waals surface area (Å²) in [5.41, 5.74) is 1.70. The summed E-state index contributed by atoms with van der Waals surface area (Å²) in [5.74, 6) is 1.40. The summed E-state index contributed by atoms with van der Waals surface area (Å²) in [6, 6.07) is 7.79. The highest BCUT2D eigenvalue weighted by Gasteiger charge is 2.15. The lowest BCUT2D eigenvalue weighted by Crippen LogP contribution is -2.42. The fraction of sp³-hybridized carbons (Fsp3) is 0.667. The van der Waals surface area contributed by atoms with E-state index < -0.39 is 10.0 Å². The van der Waals surface area contributed by atoms with Gasteiger partial charge in [0.2, 0.25) is 10.0 Å². The van der Waals surface area contributed by atoms with Crippen LogP contribution in [0.4, 0.5) is 0 Å². The fourth-order valence-electron chi connectivity index (χ4n) is 2.83. The molecule has 7 heteroatoms. The minimum atomic E-state index is -3.37. The summed E-state index contributed by atoms with van der Waals surface area (Å²) in [6.07, 6.45) is 2.24. The van der Waals surface area contributed by atoms with E-state index in [1.165, 1.54) is 0 Å². The highest BCUT2D eigenvalue weighted by atomic mass is 32.2. The molecule has 0 saturated heterocycles. The molecule has 3 N–H and O–H groups in total. The van der Waals surface area contributed by atoms with Crippen LogP contribution in [0, 0.1) is 5.92 Å². The third-order valence-corrected chi connectivity index (χ3v) is 5.71. The molecule has 6 nitrogen and oxygen atoms in total. The predicted octanol–water partition coefficient (Wildman–Crippen LogP) is 3.39. The van der Waals surface area contributed by atoms with Gasteiger partial charge in [0.15, 0.2) is 5.96 Å². The first-order valence-electron chi connectivity index (χ1n) is 10.2. The largest absolute Gasteiger partial charge is 0.357 e. The average Bonchev–Trinajstić information content (AvgIpc) is 2.57. The van der Waals surface area contributed by atoms with Crippen molar-refractivity contribution in [3.05, 3.63) is 35.4 Å². The molecule has 0 radical (unpaired) electrons. The maximum Gasteiger partial charge on any atom is 0.216 e. The number of sulfonamides is 1. The quantitative estimate of drug-likeness (QED) is 0.386. The summed E-state index contributed by atoms with van der Waals surface area (Å²) in [4.78, 5) is 4.68. The van der Waals surface area contributed by atoms with Crippen LogP contribution in [-0.4, -0.2) is 33.0 Å². The molecule has 0 bridgehead atoms. The van der Waals surface area contributed by atoms with Gasteiger partial charge in [0, 0.05) is 18.6 Å². The van der Waals surface area contributed by atoms with E-state index in [0.717, 1.165) is 36.5 Å². The first-order valence-corrected chi connectivity index (χ1v) is 11.9. The van der Waals surface area contributed by atoms with Gasteiger partial charge in [-0.05, 0) is 57.6 Å². The van der Waals surface area contributed by atoms with Gasteiger partial charge < -0.3 is 10.6 Å². The van der Waals surface area contributed by atoms with Crippen molar-refractivity contribution in [1.82, 2.24) is 15.4 Å². The topological polar surface area (TPSA) is 82.6 Å². The van der Waals surface area contributed by atoms with Crippen LogP contribution >= 0.6 is 0 Å². The number of guanidine groups is 1. The SMILES string of the molecule is CCNC(=NCc1ccccc1CS(=O)(=O)NC(C)C)NC(C)CCC(C)C. The van der Waals surface area contributed by atoms with Crippen molar-refractivity contribution in [2.45, 2.75) is 78.8 Å². The molecule has 0 amide bonds. The smallest absolute Gasteiger partial charge is 0.216 e. The van der Waals surface area contributed by atoms with E-state index in [9.17, 15) is 8.42 Å². The lowest BCUT2D eigenvalue weighted by atomic mass is 10.0. The molecule has 0 aliphatic heterocycles. The van der Waals surface area contributed by atoms with Crippen LogP contribution in [0.3, 0.4) is 0 Å². The zero-order valence-corrected chi connectivity index (χ0v) is 19.1. The summed E-state index contributed by atoms with van der Waals surface area (Å²) in [6.45, 7) is 13.5. The second kappa shape index (κ2) is 12.1. The first kappa shape index (κ1) is 24.4. The lowest BCUT2D eigenvalue weighted by Gasteiger charge is -2.19. The van der Waals surface area contributed by atoms with E-state index in [1.807, 2.05) is 45.0 Å². The van der Waals surface area contributed by atoms with Crippen LogP contribution in [0.5, 0.6) is 0 Å². The van der Waals surface area contributed by atoms with Crippen LogP contribution in [0.15, 0.2) is 29.3 Å². The van der Waals surface area contributed by atoms with Gasteiger partial charge in [-0.15, -0.1) is 0 Å². The Morgan fingerprint density at radius 1 is 1.04 bits per heavy atom. The zero-order valence-electron chi connectivity index (χ0n) is 18.2. The number of hydrogen-bond donors (Lipinski definition) is 3. The minimum Gasteiger partial charge on any atom is -0.357 e. The molecule has 0 aromatic heterocycles. The number of hydrogen-bond acceptors (Lipinski definition) is 3. The Morgan fingerprint density at radius 3 is 2.25 bits per heavy atom. The third-order valence-electron chi connectivity index (χ3n) is 4.19. The summed E-state index contributed by atoms with van der Waals surface area (Å²) in [7, 11) is -3.37. The van der Waals surface area contributed by atoms with Crippen LogP contribution in [0.25, 0.3) is 0 Å². The number of nitrogens with one attached hydrogen (secondary N) is 3. The zero-order chi connectivity index (χ0) is 21.2. The number of nitrogens with zero attached hydrogens (tertiary/aromatic N) is 1. The number of rotatable bonds is 11. The van der Waals surface area contributed by atoms with E-state index in [4.69, 9.17) is 0 Å². The predicted molar refractivity (Wildman–Crippen MR) is 119 cm³/mol. The van der Waals surface area contributed by atoms with Crippen molar-refractivity contribution in [3.8, 4) is 0 Å². The second-order valence-electron chi connectivity index (χ2n) is 8.01. The molecule has 160 valence electrons. The molecule has 1 atom stereocenters. The number of benzene rings is 1. The fourth-order valence-corrected chi connectivity index (χ4v) is 4.32. The van der Waals surface area contributed by atoms with Crippen LogP contribution < -0.4 is 15.4 Å². The average molecular weight is 411 g/mol. The van der Waals surface area contributed by atoms with Gasteiger partial charge in [0.25, 0.3) is 0 Å². The van der Waals surface area contributed by atoms with Gasteiger partial charge in [-0.25, -0.2) is 18.1 Å². The Bertz CT molecular complexity index is 715.